The van der Waals surface area contributed by atoms with Crippen LogP contribution in [-0.2, 0) is 25.5 Å². The molecule has 3 aromatic carbocycles. The molecule has 1 saturated carbocycles. The lowest BCUT2D eigenvalue weighted by atomic mass is 9.58. The molecule has 4 atom stereocenters. The number of benzene rings is 3. The molecule has 0 heterocycles. The van der Waals surface area contributed by atoms with Gasteiger partial charge in [0.2, 0.25) is 5.78 Å². The maximum Gasteiger partial charge on any atom is 0.411 e. The Labute approximate surface area is 261 Å². The van der Waals surface area contributed by atoms with Crippen molar-refractivity contribution >= 4 is 35.0 Å². The number of carbonyl (C=O) groups excluding carboxylic acids is 4. The minimum absolute atomic E-state index is 0.00148. The van der Waals surface area contributed by atoms with Gasteiger partial charge in [0.25, 0.3) is 5.91 Å². The molecule has 4 aliphatic carbocycles. The molecule has 0 unspecified atom stereocenters. The molecule has 12 heteroatoms. The summed E-state index contributed by atoms with van der Waals surface area (Å²) in [6.45, 7) is 0.00148. The van der Waals surface area contributed by atoms with Crippen LogP contribution in [0.5, 0.6) is 5.75 Å². The van der Waals surface area contributed by atoms with Crippen molar-refractivity contribution in [2.24, 2.45) is 17.6 Å². The van der Waals surface area contributed by atoms with Crippen LogP contribution in [0.3, 0.4) is 0 Å². The molecule has 3 aromatic rings. The van der Waals surface area contributed by atoms with E-state index in [1.54, 1.807) is 0 Å². The number of ketones is 2. The Morgan fingerprint density at radius 3 is 2.20 bits per heavy atom. The van der Waals surface area contributed by atoms with E-state index in [0.717, 1.165) is 22.3 Å². The lowest BCUT2D eigenvalue weighted by Crippen LogP contribution is -2.63. The number of carbonyl (C=O) groups is 4. The third-order valence-electron chi connectivity index (χ3n) is 9.63. The van der Waals surface area contributed by atoms with Gasteiger partial charge in [0.15, 0.2) is 11.4 Å². The number of aromatic hydroxyl groups is 1. The number of phenolic OH excluding ortho intramolecular Hbond substituents is 1. The second-order valence-electron chi connectivity index (χ2n) is 11.9. The Bertz CT molecular complexity index is 1920. The monoisotopic (exact) mass is 624 g/mol. The third-order valence-corrected chi connectivity index (χ3v) is 9.63. The molecule has 0 spiro atoms. The van der Waals surface area contributed by atoms with Crippen molar-refractivity contribution in [1.82, 2.24) is 0 Å². The molecule has 2 amide bonds. The van der Waals surface area contributed by atoms with Gasteiger partial charge in [-0.2, -0.15) is 0 Å². The summed E-state index contributed by atoms with van der Waals surface area (Å²) in [5.74, 6) is -9.14. The Morgan fingerprint density at radius 2 is 1.57 bits per heavy atom. The van der Waals surface area contributed by atoms with Crippen molar-refractivity contribution in [2.75, 3.05) is 11.9 Å². The van der Waals surface area contributed by atoms with E-state index in [-0.39, 0.29) is 30.2 Å². The highest BCUT2D eigenvalue weighted by atomic mass is 16.5. The van der Waals surface area contributed by atoms with Crippen LogP contribution >= 0.6 is 0 Å². The Balaban J connectivity index is 1.17. The van der Waals surface area contributed by atoms with Gasteiger partial charge in [-0.25, -0.2) is 4.79 Å². The molecule has 12 nitrogen and oxygen atoms in total. The minimum Gasteiger partial charge on any atom is -0.508 e. The predicted molar refractivity (Wildman–Crippen MR) is 161 cm³/mol. The molecule has 0 saturated heterocycles. The van der Waals surface area contributed by atoms with Gasteiger partial charge in [-0.05, 0) is 40.3 Å². The Kier molecular flexibility index (Phi) is 6.55. The van der Waals surface area contributed by atoms with Crippen molar-refractivity contribution in [1.29, 1.82) is 0 Å². The van der Waals surface area contributed by atoms with Crippen LogP contribution in [0.15, 0.2) is 77.6 Å². The van der Waals surface area contributed by atoms with Crippen LogP contribution in [0.2, 0.25) is 0 Å². The molecule has 4 aliphatic rings. The largest absolute Gasteiger partial charge is 0.508 e. The standard InChI is InChI=1S/C34H28N2O10/c35-32(43)26-23(37)12-21-27(38)19-11-14-9-10-22(28(39)24(14)29(40)25(19)30(41)34(21,45)31(26)42)36-33(44)46-13-20-17-7-3-1-5-15(17)16-6-2-4-8-18(16)20/h1-10,19-21,27,38-40,42,45H,11-13H2,(H2,35,43)(H,36,44)/t19-,21-,27+,34+/m1/s1. The van der Waals surface area contributed by atoms with Gasteiger partial charge in [-0.15, -0.1) is 0 Å². The van der Waals surface area contributed by atoms with Crippen LogP contribution < -0.4 is 11.1 Å². The molecule has 0 bridgehead atoms. The van der Waals surface area contributed by atoms with Gasteiger partial charge < -0.3 is 36.0 Å². The number of rotatable bonds is 4. The first-order chi connectivity index (χ1) is 21.9. The minimum atomic E-state index is -2.93. The van der Waals surface area contributed by atoms with Gasteiger partial charge in [0.05, 0.1) is 17.4 Å². The number of aliphatic hydroxyl groups excluding tert-OH is 3. The number of phenols is 1. The van der Waals surface area contributed by atoms with E-state index >= 15 is 0 Å². The summed E-state index contributed by atoms with van der Waals surface area (Å²) in [7, 11) is 0. The van der Waals surface area contributed by atoms with Crippen molar-refractivity contribution in [3.05, 3.63) is 99.8 Å². The average Bonchev–Trinajstić information content (AvgIpc) is 3.35. The molecule has 0 aliphatic heterocycles. The van der Waals surface area contributed by atoms with Crippen molar-refractivity contribution in [3.63, 3.8) is 0 Å². The van der Waals surface area contributed by atoms with Gasteiger partial charge >= 0.3 is 6.09 Å². The number of fused-ring (bicyclic) bond motifs is 6. The van der Waals surface area contributed by atoms with Crippen LogP contribution in [0.1, 0.15) is 34.6 Å². The van der Waals surface area contributed by atoms with Crippen LogP contribution in [0.25, 0.3) is 16.9 Å². The predicted octanol–water partition coefficient (Wildman–Crippen LogP) is 2.76. The van der Waals surface area contributed by atoms with Crippen LogP contribution in [0.4, 0.5) is 10.5 Å². The summed E-state index contributed by atoms with van der Waals surface area (Å²) in [6, 6.07) is 18.5. The fraction of sp³-hybridized carbons (Fsp3) is 0.235. The Morgan fingerprint density at radius 1 is 0.935 bits per heavy atom. The first-order valence-electron chi connectivity index (χ1n) is 14.6. The highest BCUT2D eigenvalue weighted by Gasteiger charge is 2.64. The fourth-order valence-corrected chi connectivity index (χ4v) is 7.46. The zero-order valence-electron chi connectivity index (χ0n) is 24.1. The summed E-state index contributed by atoms with van der Waals surface area (Å²) in [5, 5.41) is 58.3. The van der Waals surface area contributed by atoms with Crippen molar-refractivity contribution < 1.29 is 49.4 Å². The van der Waals surface area contributed by atoms with E-state index in [9.17, 15) is 44.7 Å². The number of anilines is 1. The van der Waals surface area contributed by atoms with E-state index in [4.69, 9.17) is 10.5 Å². The molecule has 8 N–H and O–H groups in total. The molecule has 1 fully saturated rings. The number of hydrogen-bond donors (Lipinski definition) is 7. The molecular weight excluding hydrogens is 596 g/mol. The van der Waals surface area contributed by atoms with Crippen molar-refractivity contribution in [2.45, 2.75) is 30.5 Å². The van der Waals surface area contributed by atoms with E-state index in [2.05, 4.69) is 5.32 Å². The molecule has 7 rings (SSSR count). The normalized spacial score (nSPS) is 24.9. The van der Waals surface area contributed by atoms with E-state index < -0.39 is 81.9 Å². The highest BCUT2D eigenvalue weighted by Crippen LogP contribution is 2.53. The summed E-state index contributed by atoms with van der Waals surface area (Å²) in [5.41, 5.74) is 4.82. The number of Topliss-reactive ketones (excluding diaryl/α,β-unsaturated/α-hetero) is 2. The smallest absolute Gasteiger partial charge is 0.411 e. The number of nitrogens with one attached hydrogen (secondary N) is 1. The summed E-state index contributed by atoms with van der Waals surface area (Å²) in [4.78, 5) is 51.0. The van der Waals surface area contributed by atoms with Crippen molar-refractivity contribution in [3.8, 4) is 16.9 Å². The molecule has 0 radical (unpaired) electrons. The second-order valence-corrected chi connectivity index (χ2v) is 11.9. The highest BCUT2D eigenvalue weighted by molar-refractivity contribution is 6.23. The number of hydrogen-bond acceptors (Lipinski definition) is 10. The quantitative estimate of drug-likeness (QED) is 0.166. The molecule has 0 aromatic heterocycles. The number of ether oxygens (including phenoxy) is 1. The van der Waals surface area contributed by atoms with Crippen LogP contribution in [0, 0.1) is 11.8 Å². The maximum absolute atomic E-state index is 13.7. The molecule has 234 valence electrons. The van der Waals surface area contributed by atoms with Crippen LogP contribution in [-0.4, -0.2) is 67.4 Å². The van der Waals surface area contributed by atoms with E-state index in [0.29, 0.717) is 5.56 Å². The fourth-order valence-electron chi connectivity index (χ4n) is 7.46. The molecular formula is C34H28N2O10. The lowest BCUT2D eigenvalue weighted by molar-refractivity contribution is -0.159. The zero-order chi connectivity index (χ0) is 32.7. The lowest BCUT2D eigenvalue weighted by Gasteiger charge is -2.48. The van der Waals surface area contributed by atoms with Gasteiger partial charge in [0.1, 0.15) is 29.4 Å². The number of primary amides is 1. The summed E-state index contributed by atoms with van der Waals surface area (Å²) in [6.07, 6.45) is -3.26. The SMILES string of the molecule is NC(=O)C1=C(O)[C@@]2(O)C(=O)C3=C(O)c4c(ccc(NC(=O)OCC5c6ccccc6-c6ccccc65)c4O)C[C@H]3[C@H](O)[C@H]2CC1=O. The van der Waals surface area contributed by atoms with Gasteiger partial charge in [0, 0.05) is 29.7 Å². The first-order valence-corrected chi connectivity index (χ1v) is 14.6. The summed E-state index contributed by atoms with van der Waals surface area (Å²) < 4.78 is 5.55. The number of aliphatic hydroxyl groups is 4. The second kappa shape index (κ2) is 10.3. The zero-order valence-corrected chi connectivity index (χ0v) is 24.1. The first kappa shape index (κ1) is 29.3. The number of nitrogens with two attached hydrogens (primary N) is 1. The van der Waals surface area contributed by atoms with E-state index in [1.165, 1.54) is 12.1 Å². The van der Waals surface area contributed by atoms with E-state index in [1.807, 2.05) is 48.5 Å². The summed E-state index contributed by atoms with van der Waals surface area (Å²) >= 11 is 0. The third kappa shape index (κ3) is 4.00. The average molecular weight is 625 g/mol. The maximum atomic E-state index is 13.7. The number of amides is 2. The topological polar surface area (TPSA) is 217 Å². The Hall–Kier alpha value is -5.46. The molecule has 46 heavy (non-hydrogen) atoms. The van der Waals surface area contributed by atoms with Gasteiger partial charge in [-0.1, -0.05) is 54.6 Å². The van der Waals surface area contributed by atoms with Gasteiger partial charge in [-0.3, -0.25) is 19.7 Å².